The summed E-state index contributed by atoms with van der Waals surface area (Å²) < 4.78 is 65.3. The number of allylic oxidation sites excluding steroid dienone is 1. The summed E-state index contributed by atoms with van der Waals surface area (Å²) in [4.78, 5) is 11.6. The zero-order chi connectivity index (χ0) is 15.3. The van der Waals surface area contributed by atoms with Gasteiger partial charge in [0.2, 0.25) is 5.82 Å². The minimum absolute atomic E-state index is 0.268. The van der Waals surface area contributed by atoms with Crippen LogP contribution in [0.2, 0.25) is 0 Å². The third-order valence-electron chi connectivity index (χ3n) is 2.80. The number of Topliss-reactive ketones (excluding diaryl/α,β-unsaturated/α-hetero) is 1. The highest BCUT2D eigenvalue weighted by Gasteiger charge is 2.29. The fourth-order valence-electron chi connectivity index (χ4n) is 1.73. The van der Waals surface area contributed by atoms with Crippen LogP contribution < -0.4 is 0 Å². The highest BCUT2D eigenvalue weighted by atomic mass is 19.2. The predicted molar refractivity (Wildman–Crippen MR) is 63.8 cm³/mol. The lowest BCUT2D eigenvalue weighted by atomic mass is 10.0. The van der Waals surface area contributed by atoms with Crippen molar-refractivity contribution in [3.05, 3.63) is 47.3 Å². The van der Waals surface area contributed by atoms with Crippen LogP contribution >= 0.6 is 0 Å². The van der Waals surface area contributed by atoms with Crippen molar-refractivity contribution < 1.29 is 26.7 Å². The molecule has 1 aromatic rings. The Bertz CT molecular complexity index is 496. The van der Waals surface area contributed by atoms with Crippen molar-refractivity contribution in [2.75, 3.05) is 0 Å². The lowest BCUT2D eigenvalue weighted by Gasteiger charge is -2.07. The summed E-state index contributed by atoms with van der Waals surface area (Å²) >= 11 is 0. The third kappa shape index (κ3) is 3.43. The second-order valence-electron chi connectivity index (χ2n) is 4.26. The minimum Gasteiger partial charge on any atom is -0.294 e. The molecular weight excluding hydrogens is 279 g/mol. The van der Waals surface area contributed by atoms with E-state index in [0.29, 0.717) is 12.8 Å². The van der Waals surface area contributed by atoms with Gasteiger partial charge in [-0.2, -0.15) is 0 Å². The molecule has 0 aromatic heterocycles. The molecule has 20 heavy (non-hydrogen) atoms. The first-order valence-corrected chi connectivity index (χ1v) is 6.07. The molecule has 0 fully saturated rings. The zero-order valence-corrected chi connectivity index (χ0v) is 10.6. The van der Waals surface area contributed by atoms with Crippen LogP contribution in [0.3, 0.4) is 0 Å². The maximum atomic E-state index is 13.3. The Balaban J connectivity index is 2.86. The van der Waals surface area contributed by atoms with Gasteiger partial charge in [0.15, 0.2) is 29.1 Å². The maximum absolute atomic E-state index is 13.3. The molecule has 0 bridgehead atoms. The van der Waals surface area contributed by atoms with E-state index < -0.39 is 40.4 Å². The van der Waals surface area contributed by atoms with Crippen LogP contribution in [0, 0.1) is 29.1 Å². The summed E-state index contributed by atoms with van der Waals surface area (Å²) in [6.07, 6.45) is 3.81. The van der Waals surface area contributed by atoms with Crippen molar-refractivity contribution in [2.24, 2.45) is 0 Å². The van der Waals surface area contributed by atoms with Gasteiger partial charge in [-0.15, -0.1) is 6.58 Å². The Labute approximate surface area is 113 Å². The molecule has 0 aliphatic rings. The Morgan fingerprint density at radius 1 is 0.850 bits per heavy atom. The van der Waals surface area contributed by atoms with Crippen LogP contribution in [-0.4, -0.2) is 5.78 Å². The van der Waals surface area contributed by atoms with E-state index in [1.807, 2.05) is 0 Å². The standard InChI is InChI=1S/C14H13F5O/c1-2-3-4-5-6-7-8(20)9-10(15)12(17)14(19)13(18)11(9)16/h2H,1,3-7H2. The van der Waals surface area contributed by atoms with E-state index in [1.54, 1.807) is 6.08 Å². The third-order valence-corrected chi connectivity index (χ3v) is 2.80. The Kier molecular flexibility index (Phi) is 5.85. The molecule has 0 saturated heterocycles. The van der Waals surface area contributed by atoms with E-state index in [0.717, 1.165) is 12.8 Å². The van der Waals surface area contributed by atoms with Gasteiger partial charge in [-0.1, -0.05) is 12.5 Å². The van der Waals surface area contributed by atoms with Gasteiger partial charge < -0.3 is 0 Å². The largest absolute Gasteiger partial charge is 0.294 e. The van der Waals surface area contributed by atoms with Gasteiger partial charge in [0.05, 0.1) is 5.56 Å². The molecule has 0 saturated carbocycles. The van der Waals surface area contributed by atoms with Gasteiger partial charge in [0, 0.05) is 6.42 Å². The number of rotatable bonds is 7. The molecule has 0 aliphatic heterocycles. The van der Waals surface area contributed by atoms with E-state index in [1.165, 1.54) is 0 Å². The molecular formula is C14H13F5O. The number of hydrogen-bond donors (Lipinski definition) is 0. The Morgan fingerprint density at radius 3 is 1.85 bits per heavy atom. The molecule has 6 heteroatoms. The highest BCUT2D eigenvalue weighted by Crippen LogP contribution is 2.24. The number of ketones is 1. The molecule has 0 unspecified atom stereocenters. The number of carbonyl (C=O) groups is 1. The monoisotopic (exact) mass is 292 g/mol. The van der Waals surface area contributed by atoms with Crippen LogP contribution in [0.1, 0.15) is 42.5 Å². The van der Waals surface area contributed by atoms with Gasteiger partial charge in [-0.25, -0.2) is 22.0 Å². The van der Waals surface area contributed by atoms with Crippen LogP contribution in [0.15, 0.2) is 12.7 Å². The lowest BCUT2D eigenvalue weighted by molar-refractivity contribution is 0.0967. The van der Waals surface area contributed by atoms with Crippen LogP contribution in [-0.2, 0) is 0 Å². The first kappa shape index (κ1) is 16.3. The van der Waals surface area contributed by atoms with Crippen molar-refractivity contribution in [2.45, 2.75) is 32.1 Å². The molecule has 0 radical (unpaired) electrons. The SMILES string of the molecule is C=CCCCCCC(=O)c1c(F)c(F)c(F)c(F)c1F. The first-order valence-electron chi connectivity index (χ1n) is 6.07. The summed E-state index contributed by atoms with van der Waals surface area (Å²) in [6, 6.07) is 0. The topological polar surface area (TPSA) is 17.1 Å². The summed E-state index contributed by atoms with van der Waals surface area (Å²) in [7, 11) is 0. The van der Waals surface area contributed by atoms with E-state index in [4.69, 9.17) is 0 Å². The number of benzene rings is 1. The van der Waals surface area contributed by atoms with Gasteiger partial charge in [0.1, 0.15) is 0 Å². The molecule has 0 spiro atoms. The van der Waals surface area contributed by atoms with E-state index in [9.17, 15) is 26.7 Å². The molecule has 0 N–H and O–H groups in total. The van der Waals surface area contributed by atoms with Gasteiger partial charge in [-0.05, 0) is 19.3 Å². The molecule has 0 aliphatic carbocycles. The molecule has 0 heterocycles. The second-order valence-corrected chi connectivity index (χ2v) is 4.26. The van der Waals surface area contributed by atoms with E-state index in [-0.39, 0.29) is 6.42 Å². The van der Waals surface area contributed by atoms with E-state index in [2.05, 4.69) is 6.58 Å². The number of hydrogen-bond acceptors (Lipinski definition) is 1. The Morgan fingerprint density at radius 2 is 1.35 bits per heavy atom. The zero-order valence-electron chi connectivity index (χ0n) is 10.6. The molecule has 1 aromatic carbocycles. The summed E-state index contributed by atoms with van der Waals surface area (Å²) in [5, 5.41) is 0. The maximum Gasteiger partial charge on any atom is 0.200 e. The molecule has 0 atom stereocenters. The fourth-order valence-corrected chi connectivity index (χ4v) is 1.73. The van der Waals surface area contributed by atoms with Gasteiger partial charge in [-0.3, -0.25) is 4.79 Å². The summed E-state index contributed by atoms with van der Waals surface area (Å²) in [5.74, 6) is -11.7. The smallest absolute Gasteiger partial charge is 0.200 e. The van der Waals surface area contributed by atoms with Crippen molar-refractivity contribution >= 4 is 5.78 Å². The average molecular weight is 292 g/mol. The van der Waals surface area contributed by atoms with Crippen LogP contribution in [0.4, 0.5) is 22.0 Å². The lowest BCUT2D eigenvalue weighted by Crippen LogP contribution is -2.12. The quantitative estimate of drug-likeness (QED) is 0.178. The van der Waals surface area contributed by atoms with Crippen molar-refractivity contribution in [1.29, 1.82) is 0 Å². The van der Waals surface area contributed by atoms with Crippen molar-refractivity contribution in [3.8, 4) is 0 Å². The molecule has 1 nitrogen and oxygen atoms in total. The molecule has 0 amide bonds. The van der Waals surface area contributed by atoms with E-state index >= 15 is 0 Å². The van der Waals surface area contributed by atoms with Crippen LogP contribution in [0.25, 0.3) is 0 Å². The Hall–Kier alpha value is -1.72. The first-order chi connectivity index (χ1) is 9.41. The van der Waals surface area contributed by atoms with Gasteiger partial charge >= 0.3 is 0 Å². The van der Waals surface area contributed by atoms with Gasteiger partial charge in [0.25, 0.3) is 0 Å². The number of halogens is 5. The number of unbranched alkanes of at least 4 members (excludes halogenated alkanes) is 3. The normalized spacial score (nSPS) is 10.7. The molecule has 1 rings (SSSR count). The fraction of sp³-hybridized carbons (Fsp3) is 0.357. The summed E-state index contributed by atoms with van der Waals surface area (Å²) in [6.45, 7) is 3.51. The molecule has 110 valence electrons. The van der Waals surface area contributed by atoms with Crippen molar-refractivity contribution in [3.63, 3.8) is 0 Å². The predicted octanol–water partition coefficient (Wildman–Crippen LogP) is 4.70. The second kappa shape index (κ2) is 7.17. The number of carbonyl (C=O) groups excluding carboxylic acids is 1. The average Bonchev–Trinajstić information content (AvgIpc) is 2.43. The minimum atomic E-state index is -2.26. The van der Waals surface area contributed by atoms with Crippen LogP contribution in [0.5, 0.6) is 0 Å². The highest BCUT2D eigenvalue weighted by molar-refractivity contribution is 5.96. The summed E-state index contributed by atoms with van der Waals surface area (Å²) in [5.41, 5.74) is -1.36. The van der Waals surface area contributed by atoms with Crippen molar-refractivity contribution in [1.82, 2.24) is 0 Å².